The molecule has 1 amide bonds. The highest BCUT2D eigenvalue weighted by atomic mass is 32.2. The molecule has 0 bridgehead atoms. The van der Waals surface area contributed by atoms with Gasteiger partial charge in [-0.2, -0.15) is 0 Å². The van der Waals surface area contributed by atoms with E-state index < -0.39 is 10.0 Å². The number of amides is 1. The van der Waals surface area contributed by atoms with Gasteiger partial charge in [-0.15, -0.1) is 11.3 Å². The Morgan fingerprint density at radius 3 is 2.71 bits per heavy atom. The molecule has 0 aliphatic carbocycles. The molecule has 0 radical (unpaired) electrons. The Kier molecular flexibility index (Phi) is 5.58. The molecule has 24 heavy (non-hydrogen) atoms. The van der Waals surface area contributed by atoms with Gasteiger partial charge in [0.05, 0.1) is 29.8 Å². The molecule has 7 nitrogen and oxygen atoms in total. The number of benzene rings is 1. The van der Waals surface area contributed by atoms with Crippen LogP contribution in [0.25, 0.3) is 6.08 Å². The molecule has 0 spiro atoms. The number of aromatic nitrogens is 1. The van der Waals surface area contributed by atoms with Crippen molar-refractivity contribution in [3.63, 3.8) is 0 Å². The SMILES string of the molecule is COc1cc(NC(=O)/C=C/c2csc(C)n2)ccc1NS(C)(=O)=O. The number of hydrogen-bond donors (Lipinski definition) is 2. The number of anilines is 2. The summed E-state index contributed by atoms with van der Waals surface area (Å²) in [6, 6.07) is 4.63. The summed E-state index contributed by atoms with van der Waals surface area (Å²) in [7, 11) is -2.00. The third kappa shape index (κ3) is 5.36. The fraction of sp³-hybridized carbons (Fsp3) is 0.200. The number of nitrogens with one attached hydrogen (secondary N) is 2. The molecule has 1 aromatic carbocycles. The highest BCUT2D eigenvalue weighted by Crippen LogP contribution is 2.28. The summed E-state index contributed by atoms with van der Waals surface area (Å²) in [5, 5.41) is 5.46. The summed E-state index contributed by atoms with van der Waals surface area (Å²) in [4.78, 5) is 16.2. The van der Waals surface area contributed by atoms with Gasteiger partial charge in [-0.05, 0) is 25.1 Å². The lowest BCUT2D eigenvalue weighted by Gasteiger charge is -2.11. The van der Waals surface area contributed by atoms with Crippen LogP contribution in [0.1, 0.15) is 10.7 Å². The van der Waals surface area contributed by atoms with Gasteiger partial charge in [0.2, 0.25) is 15.9 Å². The third-order valence-electron chi connectivity index (χ3n) is 2.81. The van der Waals surface area contributed by atoms with Crippen molar-refractivity contribution >= 4 is 44.7 Å². The fourth-order valence-corrected chi connectivity index (χ4v) is 3.00. The molecular formula is C15H17N3O4S2. The maximum Gasteiger partial charge on any atom is 0.248 e. The molecule has 0 unspecified atom stereocenters. The first-order chi connectivity index (χ1) is 11.3. The van der Waals surface area contributed by atoms with Crippen LogP contribution in [-0.2, 0) is 14.8 Å². The summed E-state index contributed by atoms with van der Waals surface area (Å²) >= 11 is 1.50. The van der Waals surface area contributed by atoms with Crippen molar-refractivity contribution in [3.8, 4) is 5.75 Å². The summed E-state index contributed by atoms with van der Waals surface area (Å²) in [6.07, 6.45) is 4.05. The number of hydrogen-bond acceptors (Lipinski definition) is 6. The number of thiazole rings is 1. The minimum Gasteiger partial charge on any atom is -0.494 e. The number of nitrogens with zero attached hydrogens (tertiary/aromatic N) is 1. The van der Waals surface area contributed by atoms with Gasteiger partial charge < -0.3 is 10.1 Å². The summed E-state index contributed by atoms with van der Waals surface area (Å²) in [5.74, 6) is -0.0242. The lowest BCUT2D eigenvalue weighted by molar-refractivity contribution is -0.111. The van der Waals surface area contributed by atoms with Gasteiger partial charge in [0.25, 0.3) is 0 Å². The Balaban J connectivity index is 2.09. The standard InChI is InChI=1S/C15H17N3O4S2/c1-10-16-12(9-23-10)5-7-15(19)17-11-4-6-13(14(8-11)22-2)18-24(3,20)21/h4-9,18H,1-3H3,(H,17,19)/b7-5+. The van der Waals surface area contributed by atoms with E-state index in [-0.39, 0.29) is 5.91 Å². The Labute approximate surface area is 144 Å². The van der Waals surface area contributed by atoms with Gasteiger partial charge in [-0.3, -0.25) is 9.52 Å². The van der Waals surface area contributed by atoms with E-state index in [2.05, 4.69) is 15.0 Å². The lowest BCUT2D eigenvalue weighted by Crippen LogP contribution is -2.11. The normalized spacial score (nSPS) is 11.5. The van der Waals surface area contributed by atoms with Crippen LogP contribution in [-0.4, -0.2) is 32.7 Å². The molecule has 9 heteroatoms. The maximum absolute atomic E-state index is 11.9. The molecule has 0 saturated heterocycles. The first-order valence-corrected chi connectivity index (χ1v) is 9.61. The maximum atomic E-state index is 11.9. The van der Waals surface area contributed by atoms with Crippen LogP contribution in [0.4, 0.5) is 11.4 Å². The average molecular weight is 367 g/mol. The molecule has 1 aromatic heterocycles. The topological polar surface area (TPSA) is 97.4 Å². The predicted octanol–water partition coefficient (Wildman–Crippen LogP) is 2.48. The third-order valence-corrected chi connectivity index (χ3v) is 4.19. The smallest absolute Gasteiger partial charge is 0.248 e. The van der Waals surface area contributed by atoms with Crippen molar-refractivity contribution < 1.29 is 17.9 Å². The summed E-state index contributed by atoms with van der Waals surface area (Å²) < 4.78 is 30.1. The number of ether oxygens (including phenoxy) is 1. The van der Waals surface area contributed by atoms with E-state index in [1.165, 1.54) is 36.7 Å². The van der Waals surface area contributed by atoms with Crippen molar-refractivity contribution in [3.05, 3.63) is 40.4 Å². The van der Waals surface area contributed by atoms with Gasteiger partial charge in [0, 0.05) is 23.2 Å². The van der Waals surface area contributed by atoms with Crippen LogP contribution < -0.4 is 14.8 Å². The molecule has 2 aromatic rings. The van der Waals surface area contributed by atoms with Gasteiger partial charge in [0.1, 0.15) is 5.75 Å². The van der Waals surface area contributed by atoms with E-state index in [0.29, 0.717) is 17.1 Å². The Hall–Kier alpha value is -2.39. The molecule has 0 aliphatic rings. The Bertz CT molecular complexity index is 873. The molecule has 0 fully saturated rings. The number of aryl methyl sites for hydroxylation is 1. The molecule has 2 rings (SSSR count). The Morgan fingerprint density at radius 2 is 2.12 bits per heavy atom. The van der Waals surface area contributed by atoms with E-state index in [4.69, 9.17) is 4.74 Å². The molecular weight excluding hydrogens is 350 g/mol. The molecule has 0 atom stereocenters. The van der Waals surface area contributed by atoms with Crippen LogP contribution in [0.2, 0.25) is 0 Å². The number of rotatable bonds is 6. The number of carbonyl (C=O) groups excluding carboxylic acids is 1. The van der Waals surface area contributed by atoms with E-state index >= 15 is 0 Å². The van der Waals surface area contributed by atoms with Crippen LogP contribution in [0.5, 0.6) is 5.75 Å². The molecule has 0 aliphatic heterocycles. The Morgan fingerprint density at radius 1 is 1.38 bits per heavy atom. The number of carbonyl (C=O) groups is 1. The van der Waals surface area contributed by atoms with Crippen molar-refractivity contribution in [1.29, 1.82) is 0 Å². The largest absolute Gasteiger partial charge is 0.494 e. The van der Waals surface area contributed by atoms with Gasteiger partial charge >= 0.3 is 0 Å². The minimum atomic E-state index is -3.42. The highest BCUT2D eigenvalue weighted by Gasteiger charge is 2.10. The van der Waals surface area contributed by atoms with Crippen LogP contribution in [0, 0.1) is 6.92 Å². The predicted molar refractivity (Wildman–Crippen MR) is 96.0 cm³/mol. The van der Waals surface area contributed by atoms with Crippen molar-refractivity contribution in [2.75, 3.05) is 23.4 Å². The zero-order valence-corrected chi connectivity index (χ0v) is 15.0. The van der Waals surface area contributed by atoms with Gasteiger partial charge in [-0.25, -0.2) is 13.4 Å². The van der Waals surface area contributed by atoms with E-state index in [1.54, 1.807) is 12.1 Å². The summed E-state index contributed by atoms with van der Waals surface area (Å²) in [6.45, 7) is 1.89. The highest BCUT2D eigenvalue weighted by molar-refractivity contribution is 7.92. The van der Waals surface area contributed by atoms with E-state index in [0.717, 1.165) is 17.0 Å². The zero-order chi connectivity index (χ0) is 17.7. The van der Waals surface area contributed by atoms with Crippen molar-refractivity contribution in [2.45, 2.75) is 6.92 Å². The monoisotopic (exact) mass is 367 g/mol. The second-order valence-electron chi connectivity index (χ2n) is 4.90. The van der Waals surface area contributed by atoms with Crippen LogP contribution >= 0.6 is 11.3 Å². The first kappa shape index (κ1) is 18.0. The fourth-order valence-electron chi connectivity index (χ4n) is 1.85. The van der Waals surface area contributed by atoms with Gasteiger partial charge in [-0.1, -0.05) is 0 Å². The molecule has 1 heterocycles. The first-order valence-electron chi connectivity index (χ1n) is 6.84. The average Bonchev–Trinajstić information content (AvgIpc) is 2.91. The zero-order valence-electron chi connectivity index (χ0n) is 13.4. The van der Waals surface area contributed by atoms with Crippen molar-refractivity contribution in [2.24, 2.45) is 0 Å². The summed E-state index contributed by atoms with van der Waals surface area (Å²) in [5.41, 5.74) is 1.50. The second kappa shape index (κ2) is 7.45. The minimum absolute atomic E-state index is 0.298. The lowest BCUT2D eigenvalue weighted by atomic mass is 10.2. The molecule has 2 N–H and O–H groups in total. The number of sulfonamides is 1. The number of methoxy groups -OCH3 is 1. The van der Waals surface area contributed by atoms with E-state index in [9.17, 15) is 13.2 Å². The van der Waals surface area contributed by atoms with Crippen LogP contribution in [0.3, 0.4) is 0 Å². The second-order valence-corrected chi connectivity index (χ2v) is 7.71. The van der Waals surface area contributed by atoms with Crippen molar-refractivity contribution in [1.82, 2.24) is 4.98 Å². The molecule has 128 valence electrons. The van der Waals surface area contributed by atoms with Crippen LogP contribution in [0.15, 0.2) is 29.7 Å². The van der Waals surface area contributed by atoms with Gasteiger partial charge in [0.15, 0.2) is 0 Å². The molecule has 0 saturated carbocycles. The quantitative estimate of drug-likeness (QED) is 0.765. The van der Waals surface area contributed by atoms with E-state index in [1.807, 2.05) is 12.3 Å².